The Kier molecular flexibility index (Phi) is 8.64. The fourth-order valence-electron chi connectivity index (χ4n) is 1.79. The minimum absolute atomic E-state index is 0.0130. The van der Waals surface area contributed by atoms with Crippen molar-refractivity contribution in [3.05, 3.63) is 59.7 Å². The first-order valence-electron chi connectivity index (χ1n) is 7.54. The van der Waals surface area contributed by atoms with Crippen LogP contribution in [-0.4, -0.2) is 34.9 Å². The number of nitrogens with one attached hydrogen (secondary N) is 2. The minimum atomic E-state index is -2.15. The summed E-state index contributed by atoms with van der Waals surface area (Å²) in [5, 5.41) is 19.1. The van der Waals surface area contributed by atoms with Crippen LogP contribution in [0.3, 0.4) is 0 Å². The molecule has 0 aromatic heterocycles. The molecule has 0 amide bonds. The molecule has 2 rings (SSSR count). The monoisotopic (exact) mass is 396 g/mol. The van der Waals surface area contributed by atoms with Gasteiger partial charge in [0.1, 0.15) is 11.5 Å². The second kappa shape index (κ2) is 11.0. The topological polar surface area (TPSA) is 129 Å². The van der Waals surface area contributed by atoms with Crippen molar-refractivity contribution in [2.75, 3.05) is 13.1 Å². The van der Waals surface area contributed by atoms with Crippen molar-refractivity contribution >= 4 is 27.6 Å². The summed E-state index contributed by atoms with van der Waals surface area (Å²) in [4.78, 5) is 23.4. The number of para-hydroxylation sites is 2. The molecule has 2 aromatic rings. The summed E-state index contributed by atoms with van der Waals surface area (Å²) < 4.78 is 9.81. The Morgan fingerprint density at radius 1 is 0.769 bits per heavy atom. The highest BCUT2D eigenvalue weighted by Gasteiger charge is 2.05. The first kappa shape index (κ1) is 20.5. The Hall–Kier alpha value is -1.86. The Labute approximate surface area is 152 Å². The van der Waals surface area contributed by atoms with E-state index in [1.165, 1.54) is 23.7 Å². The molecule has 0 aliphatic carbocycles. The fourth-order valence-corrected chi connectivity index (χ4v) is 3.23. The molecule has 0 aliphatic heterocycles. The van der Waals surface area contributed by atoms with E-state index in [-0.39, 0.29) is 24.6 Å². The molecule has 0 radical (unpaired) electrons. The fraction of sp³-hybridized carbons (Fsp3) is 0.125. The van der Waals surface area contributed by atoms with E-state index in [0.717, 1.165) is 0 Å². The van der Waals surface area contributed by atoms with E-state index in [1.807, 2.05) is 0 Å². The van der Waals surface area contributed by atoms with Crippen LogP contribution in [0.25, 0.3) is 0 Å². The SMILES string of the molecule is [O-]/[P+](=C\c1ccccc1O)ONCCNO/[P+]([O-])=C/c1ccccc1O. The minimum Gasteiger partial charge on any atom is -0.601 e. The van der Waals surface area contributed by atoms with Crippen LogP contribution in [0.1, 0.15) is 11.1 Å². The molecule has 2 atom stereocenters. The molecule has 138 valence electrons. The maximum absolute atomic E-state index is 11.7. The molecule has 2 aromatic carbocycles. The number of aromatic hydroxyl groups is 2. The molecule has 0 bridgehead atoms. The first-order chi connectivity index (χ1) is 12.6. The largest absolute Gasteiger partial charge is 0.601 e. The number of hydrogen-bond acceptors (Lipinski definition) is 8. The zero-order valence-corrected chi connectivity index (χ0v) is 15.4. The van der Waals surface area contributed by atoms with Crippen LogP contribution in [0.2, 0.25) is 0 Å². The van der Waals surface area contributed by atoms with E-state index < -0.39 is 16.0 Å². The lowest BCUT2D eigenvalue weighted by Gasteiger charge is -2.03. The highest BCUT2D eigenvalue weighted by Crippen LogP contribution is 2.20. The maximum atomic E-state index is 11.7. The van der Waals surface area contributed by atoms with E-state index in [2.05, 4.69) is 11.0 Å². The van der Waals surface area contributed by atoms with Crippen LogP contribution in [0.15, 0.2) is 48.5 Å². The molecule has 0 spiro atoms. The highest BCUT2D eigenvalue weighted by atomic mass is 31.1. The summed E-state index contributed by atoms with van der Waals surface area (Å²) in [7, 11) is -4.30. The molecule has 0 saturated heterocycles. The predicted molar refractivity (Wildman–Crippen MR) is 98.6 cm³/mol. The van der Waals surface area contributed by atoms with Crippen LogP contribution in [0, 0.1) is 0 Å². The number of phenols is 2. The molecule has 0 fully saturated rings. The van der Waals surface area contributed by atoms with Crippen LogP contribution < -0.4 is 20.7 Å². The number of hydroxylamine groups is 2. The van der Waals surface area contributed by atoms with Crippen molar-refractivity contribution in [2.45, 2.75) is 0 Å². The lowest BCUT2D eigenvalue weighted by molar-refractivity contribution is -0.179. The van der Waals surface area contributed by atoms with Crippen LogP contribution in [-0.2, 0) is 9.25 Å². The van der Waals surface area contributed by atoms with Gasteiger partial charge in [-0.3, -0.25) is 0 Å². The zero-order chi connectivity index (χ0) is 18.8. The van der Waals surface area contributed by atoms with Gasteiger partial charge in [-0.2, -0.15) is 11.0 Å². The molecule has 4 N–H and O–H groups in total. The first-order valence-corrected chi connectivity index (χ1v) is 10.0. The van der Waals surface area contributed by atoms with Crippen molar-refractivity contribution in [1.29, 1.82) is 0 Å². The average molecular weight is 396 g/mol. The predicted octanol–water partition coefficient (Wildman–Crippen LogP) is 0.485. The van der Waals surface area contributed by atoms with Gasteiger partial charge in [-0.15, -0.1) is 0 Å². The average Bonchev–Trinajstić information content (AvgIpc) is 2.62. The summed E-state index contributed by atoms with van der Waals surface area (Å²) >= 11 is 0. The molecule has 8 nitrogen and oxygen atoms in total. The lowest BCUT2D eigenvalue weighted by Crippen LogP contribution is -2.26. The van der Waals surface area contributed by atoms with Gasteiger partial charge in [-0.05, 0) is 24.3 Å². The molecule has 2 unspecified atom stereocenters. The molecule has 0 heterocycles. The Bertz CT molecular complexity index is 719. The van der Waals surface area contributed by atoms with Crippen molar-refractivity contribution in [3.63, 3.8) is 0 Å². The highest BCUT2D eigenvalue weighted by molar-refractivity contribution is 7.45. The van der Waals surface area contributed by atoms with Gasteiger partial charge in [0.05, 0.1) is 11.1 Å². The molecule has 26 heavy (non-hydrogen) atoms. The molecular weight excluding hydrogens is 378 g/mol. The van der Waals surface area contributed by atoms with E-state index in [1.54, 1.807) is 36.4 Å². The smallest absolute Gasteiger partial charge is 0.248 e. The Morgan fingerprint density at radius 3 is 1.54 bits per heavy atom. The van der Waals surface area contributed by atoms with Crippen molar-refractivity contribution in [1.82, 2.24) is 11.0 Å². The molecule has 10 heteroatoms. The third-order valence-corrected chi connectivity index (χ3v) is 4.60. The van der Waals surface area contributed by atoms with Gasteiger partial charge >= 0.3 is 0 Å². The summed E-state index contributed by atoms with van der Waals surface area (Å²) in [6.07, 6.45) is 0. The van der Waals surface area contributed by atoms with Crippen molar-refractivity contribution in [2.24, 2.45) is 0 Å². The second-order valence-corrected chi connectivity index (χ2v) is 6.94. The quantitative estimate of drug-likeness (QED) is 0.274. The number of hydrogen-bond donors (Lipinski definition) is 4. The van der Waals surface area contributed by atoms with Gasteiger partial charge in [-0.1, -0.05) is 33.5 Å². The lowest BCUT2D eigenvalue weighted by atomic mass is 10.2. The molecular formula is C16H18N2O6P2. The summed E-state index contributed by atoms with van der Waals surface area (Å²) in [5.74, 6) is 2.61. The second-order valence-electron chi connectivity index (χ2n) is 4.92. The van der Waals surface area contributed by atoms with Crippen LogP contribution >= 0.6 is 16.0 Å². The van der Waals surface area contributed by atoms with E-state index in [9.17, 15) is 20.0 Å². The third-order valence-electron chi connectivity index (χ3n) is 3.00. The molecule has 0 saturated carbocycles. The number of rotatable bonds is 9. The summed E-state index contributed by atoms with van der Waals surface area (Å²) in [6.45, 7) is 0.463. The molecule has 0 aliphatic rings. The van der Waals surface area contributed by atoms with Gasteiger partial charge in [0.2, 0.25) is 16.0 Å². The number of phenolic OH excluding ortho intramolecular Hbond substituents is 2. The van der Waals surface area contributed by atoms with Gasteiger partial charge in [0, 0.05) is 13.1 Å². The van der Waals surface area contributed by atoms with Gasteiger partial charge in [-0.25, -0.2) is 0 Å². The number of benzene rings is 2. The summed E-state index contributed by atoms with van der Waals surface area (Å²) in [6, 6.07) is 12.9. The normalized spacial score (nSPS) is 12.4. The van der Waals surface area contributed by atoms with Gasteiger partial charge in [0.15, 0.2) is 11.6 Å². The Balaban J connectivity index is 1.66. The zero-order valence-electron chi connectivity index (χ0n) is 13.6. The van der Waals surface area contributed by atoms with Crippen LogP contribution in [0.5, 0.6) is 11.5 Å². The summed E-state index contributed by atoms with van der Waals surface area (Å²) in [5.41, 5.74) is 5.77. The van der Waals surface area contributed by atoms with Crippen LogP contribution in [0.4, 0.5) is 0 Å². The Morgan fingerprint density at radius 2 is 1.15 bits per heavy atom. The third kappa shape index (κ3) is 7.17. The van der Waals surface area contributed by atoms with E-state index in [4.69, 9.17) is 9.25 Å². The van der Waals surface area contributed by atoms with Gasteiger partial charge in [0.25, 0.3) is 0 Å². The maximum Gasteiger partial charge on any atom is 0.248 e. The van der Waals surface area contributed by atoms with Crippen molar-refractivity contribution in [3.8, 4) is 11.5 Å². The van der Waals surface area contributed by atoms with E-state index >= 15 is 0 Å². The van der Waals surface area contributed by atoms with Gasteiger partial charge < -0.3 is 20.0 Å². The van der Waals surface area contributed by atoms with E-state index in [0.29, 0.717) is 11.1 Å². The standard InChI is InChI=1S/C16H18N2O6P2/c19-15-7-3-1-5-13(15)11-25(21)23-17-9-10-18-24-26(22)12-14-6-2-4-8-16(14)20/h1-8,11-12,17-20H,9-10H2. The van der Waals surface area contributed by atoms with Crippen molar-refractivity contribution < 1.29 is 29.2 Å².